The normalized spacial score (nSPS) is 21.9. The maximum absolute atomic E-state index is 12.9. The molecule has 0 saturated carbocycles. The van der Waals surface area contributed by atoms with Crippen molar-refractivity contribution in [3.8, 4) is 0 Å². The summed E-state index contributed by atoms with van der Waals surface area (Å²) in [5.74, 6) is -0.486. The fourth-order valence-electron chi connectivity index (χ4n) is 2.75. The van der Waals surface area contributed by atoms with Gasteiger partial charge < -0.3 is 15.1 Å². The van der Waals surface area contributed by atoms with Crippen LogP contribution in [0.1, 0.15) is 6.42 Å². The maximum atomic E-state index is 12.9. The van der Waals surface area contributed by atoms with Gasteiger partial charge in [-0.3, -0.25) is 14.9 Å². The van der Waals surface area contributed by atoms with Crippen molar-refractivity contribution < 1.29 is 18.9 Å². The first-order valence-corrected chi connectivity index (χ1v) is 8.01. The second-order valence-electron chi connectivity index (χ2n) is 6.16. The van der Waals surface area contributed by atoms with Crippen molar-refractivity contribution in [1.82, 2.24) is 10.2 Å². The van der Waals surface area contributed by atoms with Crippen molar-refractivity contribution in [2.24, 2.45) is 4.99 Å². The Morgan fingerprint density at radius 3 is 2.67 bits per heavy atom. The number of aliphatic imine (C=N–C) groups is 1. The number of guanidine groups is 1. The summed E-state index contributed by atoms with van der Waals surface area (Å²) in [5, 5.41) is 5.43. The van der Waals surface area contributed by atoms with E-state index in [1.165, 1.54) is 29.2 Å². The third kappa shape index (κ3) is 3.88. The number of hydrogen-bond acceptors (Lipinski definition) is 4. The highest BCUT2D eigenvalue weighted by Crippen LogP contribution is 2.12. The minimum absolute atomic E-state index is 0.00945. The minimum Gasteiger partial charge on any atom is -0.334 e. The number of benzene rings is 1. The van der Waals surface area contributed by atoms with Crippen molar-refractivity contribution in [2.45, 2.75) is 12.5 Å². The Labute approximate surface area is 139 Å². The monoisotopic (exact) mass is 334 g/mol. The standard InChI is InChI=1S/C16H20FN5O2/c1-21-6-8-22(9-7-21)16-19-13(10-14(23)20-16)15(24)18-12-4-2-11(17)3-5-12/h2-5,13H,6-10H2,1H3,(H,18,24)(H,19,20,23)/p+1/t13-/m0/s1. The van der Waals surface area contributed by atoms with Crippen LogP contribution in [0.4, 0.5) is 10.1 Å². The molecule has 2 amide bonds. The van der Waals surface area contributed by atoms with Gasteiger partial charge in [0.05, 0.1) is 39.6 Å². The number of carbonyl (C=O) groups is 2. The van der Waals surface area contributed by atoms with Gasteiger partial charge in [0, 0.05) is 5.69 Å². The van der Waals surface area contributed by atoms with Gasteiger partial charge in [-0.15, -0.1) is 0 Å². The summed E-state index contributed by atoms with van der Waals surface area (Å²) in [4.78, 5) is 32.1. The largest absolute Gasteiger partial charge is 0.334 e. The summed E-state index contributed by atoms with van der Waals surface area (Å²) in [6, 6.07) is 4.72. The molecule has 0 unspecified atom stereocenters. The third-order valence-corrected chi connectivity index (χ3v) is 4.24. The Morgan fingerprint density at radius 2 is 2.00 bits per heavy atom. The number of halogens is 1. The lowest BCUT2D eigenvalue weighted by Crippen LogP contribution is -3.12. The van der Waals surface area contributed by atoms with Crippen molar-refractivity contribution in [3.63, 3.8) is 0 Å². The van der Waals surface area contributed by atoms with Crippen molar-refractivity contribution in [2.75, 3.05) is 38.5 Å². The minimum atomic E-state index is -0.772. The van der Waals surface area contributed by atoms with Crippen LogP contribution in [0.5, 0.6) is 0 Å². The van der Waals surface area contributed by atoms with Gasteiger partial charge in [-0.2, -0.15) is 0 Å². The summed E-state index contributed by atoms with van der Waals surface area (Å²) >= 11 is 0. The van der Waals surface area contributed by atoms with E-state index in [9.17, 15) is 14.0 Å². The van der Waals surface area contributed by atoms with E-state index in [2.05, 4.69) is 22.7 Å². The van der Waals surface area contributed by atoms with Gasteiger partial charge in [0.15, 0.2) is 0 Å². The number of amides is 2. The molecule has 1 aromatic rings. The molecule has 0 radical (unpaired) electrons. The molecule has 2 aliphatic heterocycles. The molecule has 0 aliphatic carbocycles. The smallest absolute Gasteiger partial charge is 0.249 e. The van der Waals surface area contributed by atoms with Crippen LogP contribution in [0.15, 0.2) is 29.3 Å². The van der Waals surface area contributed by atoms with Crippen LogP contribution in [-0.4, -0.2) is 61.9 Å². The van der Waals surface area contributed by atoms with Gasteiger partial charge in [-0.1, -0.05) is 0 Å². The number of nitrogens with zero attached hydrogens (tertiary/aromatic N) is 2. The first-order valence-electron chi connectivity index (χ1n) is 8.01. The number of nitrogens with one attached hydrogen (secondary N) is 3. The fraction of sp³-hybridized carbons (Fsp3) is 0.438. The second-order valence-corrected chi connectivity index (χ2v) is 6.16. The molecule has 8 heteroatoms. The molecule has 0 spiro atoms. The molecule has 1 fully saturated rings. The van der Waals surface area contributed by atoms with E-state index in [4.69, 9.17) is 0 Å². The molecular weight excluding hydrogens is 313 g/mol. The zero-order chi connectivity index (χ0) is 17.1. The van der Waals surface area contributed by atoms with Crippen LogP contribution in [-0.2, 0) is 9.59 Å². The van der Waals surface area contributed by atoms with Crippen LogP contribution in [0, 0.1) is 5.82 Å². The fourth-order valence-corrected chi connectivity index (χ4v) is 2.75. The number of likely N-dealkylation sites (N-methyl/N-ethyl adjacent to an activating group) is 1. The molecule has 24 heavy (non-hydrogen) atoms. The summed E-state index contributed by atoms with van der Waals surface area (Å²) < 4.78 is 12.9. The second kappa shape index (κ2) is 6.96. The van der Waals surface area contributed by atoms with Gasteiger partial charge in [0.2, 0.25) is 17.8 Å². The zero-order valence-electron chi connectivity index (χ0n) is 13.5. The van der Waals surface area contributed by atoms with Gasteiger partial charge in [0.1, 0.15) is 11.9 Å². The molecule has 128 valence electrons. The third-order valence-electron chi connectivity index (χ3n) is 4.24. The molecule has 0 aromatic heterocycles. The molecule has 1 saturated heterocycles. The average Bonchev–Trinajstić information content (AvgIpc) is 2.57. The van der Waals surface area contributed by atoms with E-state index in [1.54, 1.807) is 0 Å². The van der Waals surface area contributed by atoms with Crippen LogP contribution in [0.2, 0.25) is 0 Å². The van der Waals surface area contributed by atoms with E-state index in [0.29, 0.717) is 11.6 Å². The molecule has 1 atom stereocenters. The highest BCUT2D eigenvalue weighted by Gasteiger charge is 2.30. The first-order chi connectivity index (χ1) is 11.5. The maximum Gasteiger partial charge on any atom is 0.249 e. The summed E-state index contributed by atoms with van der Waals surface area (Å²) in [7, 11) is 2.12. The Morgan fingerprint density at radius 1 is 1.33 bits per heavy atom. The van der Waals surface area contributed by atoms with Gasteiger partial charge in [-0.25, -0.2) is 9.38 Å². The molecule has 7 nitrogen and oxygen atoms in total. The number of carbonyl (C=O) groups excluding carboxylic acids is 2. The van der Waals surface area contributed by atoms with Crippen LogP contribution in [0.3, 0.4) is 0 Å². The number of piperazine rings is 1. The molecular formula is C16H21FN5O2+. The van der Waals surface area contributed by atoms with Gasteiger partial charge in [-0.05, 0) is 24.3 Å². The topological polar surface area (TPSA) is 78.2 Å². The van der Waals surface area contributed by atoms with E-state index in [0.717, 1.165) is 26.2 Å². The van der Waals surface area contributed by atoms with Crippen molar-refractivity contribution in [3.05, 3.63) is 30.1 Å². The summed E-state index contributed by atoms with van der Waals surface area (Å²) in [6.07, 6.45) is 0.00945. The van der Waals surface area contributed by atoms with Gasteiger partial charge in [0.25, 0.3) is 0 Å². The Hall–Kier alpha value is -2.48. The molecule has 3 rings (SSSR count). The predicted octanol–water partition coefficient (Wildman–Crippen LogP) is -1.16. The molecule has 1 aromatic carbocycles. The highest BCUT2D eigenvalue weighted by molar-refractivity contribution is 6.05. The molecule has 0 bridgehead atoms. The lowest BCUT2D eigenvalue weighted by Gasteiger charge is -2.34. The lowest BCUT2D eigenvalue weighted by molar-refractivity contribution is -0.883. The predicted molar refractivity (Wildman–Crippen MR) is 87.2 cm³/mol. The average molecular weight is 334 g/mol. The molecule has 2 aliphatic rings. The number of anilines is 1. The Bertz CT molecular complexity index is 653. The number of rotatable bonds is 2. The Balaban J connectivity index is 1.69. The van der Waals surface area contributed by atoms with Crippen molar-refractivity contribution in [1.29, 1.82) is 0 Å². The van der Waals surface area contributed by atoms with E-state index < -0.39 is 6.04 Å². The van der Waals surface area contributed by atoms with Gasteiger partial charge >= 0.3 is 0 Å². The molecule has 2 heterocycles. The van der Waals surface area contributed by atoms with E-state index in [-0.39, 0.29) is 24.1 Å². The van der Waals surface area contributed by atoms with Crippen LogP contribution in [0.25, 0.3) is 0 Å². The van der Waals surface area contributed by atoms with Crippen LogP contribution >= 0.6 is 0 Å². The quantitative estimate of drug-likeness (QED) is 0.638. The first kappa shape index (κ1) is 16.4. The summed E-state index contributed by atoms with van der Waals surface area (Å²) in [5.41, 5.74) is 0.479. The molecule has 3 N–H and O–H groups in total. The lowest BCUT2D eigenvalue weighted by atomic mass is 10.1. The SMILES string of the molecule is C[NH+]1CCN(C2=N[C@H](C(=O)Nc3ccc(F)cc3)CC(=O)N2)CC1. The highest BCUT2D eigenvalue weighted by atomic mass is 19.1. The number of hydrogen-bond donors (Lipinski definition) is 3. The van der Waals surface area contributed by atoms with E-state index in [1.807, 2.05) is 4.90 Å². The van der Waals surface area contributed by atoms with Crippen molar-refractivity contribution >= 4 is 23.5 Å². The van der Waals surface area contributed by atoms with E-state index >= 15 is 0 Å². The Kier molecular flexibility index (Phi) is 4.75. The zero-order valence-corrected chi connectivity index (χ0v) is 13.5. The van der Waals surface area contributed by atoms with Crippen LogP contribution < -0.4 is 15.5 Å². The number of quaternary nitrogens is 1. The summed E-state index contributed by atoms with van der Waals surface area (Å²) in [6.45, 7) is 3.50.